The minimum Gasteiger partial charge on any atom is -0.480 e. The molecule has 0 unspecified atom stereocenters. The molecule has 1 heterocycles. The third kappa shape index (κ3) is 3.67. The number of rotatable bonds is 6. The maximum atomic E-state index is 12.6. The summed E-state index contributed by atoms with van der Waals surface area (Å²) in [7, 11) is 0. The lowest BCUT2D eigenvalue weighted by molar-refractivity contribution is -0.148. The molecule has 2 saturated carbocycles. The molecule has 2 N–H and O–H groups in total. The number of carbonyl (C=O) groups is 2. The van der Waals surface area contributed by atoms with Gasteiger partial charge >= 0.3 is 12.0 Å². The van der Waals surface area contributed by atoms with Gasteiger partial charge in [-0.1, -0.05) is 0 Å². The second-order valence-electron chi connectivity index (χ2n) is 6.72. The van der Waals surface area contributed by atoms with E-state index >= 15 is 0 Å². The van der Waals surface area contributed by atoms with Crippen molar-refractivity contribution in [3.05, 3.63) is 0 Å². The molecule has 118 valence electrons. The van der Waals surface area contributed by atoms with E-state index in [9.17, 15) is 14.7 Å². The number of hydrogen-bond donors (Lipinski definition) is 2. The molecule has 0 bridgehead atoms. The zero-order valence-electron chi connectivity index (χ0n) is 12.3. The van der Waals surface area contributed by atoms with E-state index in [1.807, 2.05) is 4.90 Å². The van der Waals surface area contributed by atoms with E-state index in [0.717, 1.165) is 13.1 Å². The number of nitrogens with one attached hydrogen (secondary N) is 1. The van der Waals surface area contributed by atoms with Gasteiger partial charge in [-0.15, -0.1) is 0 Å². The van der Waals surface area contributed by atoms with Crippen molar-refractivity contribution in [2.75, 3.05) is 26.3 Å². The number of nitrogens with zero attached hydrogens (tertiary/aromatic N) is 1. The van der Waals surface area contributed by atoms with Crippen LogP contribution in [-0.2, 0) is 9.53 Å². The molecular weight excluding hydrogens is 272 g/mol. The van der Waals surface area contributed by atoms with Gasteiger partial charge in [0.1, 0.15) is 5.54 Å². The largest absolute Gasteiger partial charge is 0.480 e. The molecule has 3 rings (SSSR count). The van der Waals surface area contributed by atoms with Crippen LogP contribution in [0.1, 0.15) is 38.5 Å². The number of urea groups is 1. The van der Waals surface area contributed by atoms with Crippen molar-refractivity contribution in [2.45, 2.75) is 44.1 Å². The van der Waals surface area contributed by atoms with Crippen LogP contribution in [0.15, 0.2) is 0 Å². The second kappa shape index (κ2) is 5.83. The van der Waals surface area contributed by atoms with Crippen LogP contribution in [0.25, 0.3) is 0 Å². The van der Waals surface area contributed by atoms with Gasteiger partial charge in [-0.2, -0.15) is 0 Å². The molecule has 0 aromatic heterocycles. The topological polar surface area (TPSA) is 78.9 Å². The van der Waals surface area contributed by atoms with Crippen molar-refractivity contribution >= 4 is 12.0 Å². The molecule has 2 amide bonds. The van der Waals surface area contributed by atoms with Crippen LogP contribution in [0.4, 0.5) is 4.79 Å². The van der Waals surface area contributed by atoms with Crippen LogP contribution in [0.2, 0.25) is 0 Å². The molecule has 3 aliphatic rings. The van der Waals surface area contributed by atoms with E-state index in [-0.39, 0.29) is 6.03 Å². The quantitative estimate of drug-likeness (QED) is 0.777. The summed E-state index contributed by atoms with van der Waals surface area (Å²) in [4.78, 5) is 26.0. The number of carboxylic acids is 1. The number of aliphatic carboxylic acids is 1. The fourth-order valence-electron chi connectivity index (χ4n) is 2.86. The van der Waals surface area contributed by atoms with Gasteiger partial charge in [-0.3, -0.25) is 0 Å². The first-order valence-corrected chi connectivity index (χ1v) is 7.97. The fraction of sp³-hybridized carbons (Fsp3) is 0.867. The highest BCUT2D eigenvalue weighted by Gasteiger charge is 2.43. The van der Waals surface area contributed by atoms with Crippen LogP contribution in [-0.4, -0.2) is 53.8 Å². The molecule has 6 heteroatoms. The Bertz CT molecular complexity index is 398. The average Bonchev–Trinajstić information content (AvgIpc) is 3.34. The maximum absolute atomic E-state index is 12.6. The van der Waals surface area contributed by atoms with Gasteiger partial charge in [-0.25, -0.2) is 9.59 Å². The Hall–Kier alpha value is -1.30. The molecule has 3 fully saturated rings. The highest BCUT2D eigenvalue weighted by atomic mass is 16.5. The highest BCUT2D eigenvalue weighted by Crippen LogP contribution is 2.34. The van der Waals surface area contributed by atoms with Crippen LogP contribution in [0, 0.1) is 11.8 Å². The molecule has 0 aromatic rings. The summed E-state index contributed by atoms with van der Waals surface area (Å²) in [6, 6.07) is -0.210. The Kier molecular flexibility index (Phi) is 4.06. The number of carbonyl (C=O) groups excluding carboxylic acids is 1. The van der Waals surface area contributed by atoms with Gasteiger partial charge in [0.05, 0.1) is 0 Å². The third-order valence-corrected chi connectivity index (χ3v) is 4.74. The van der Waals surface area contributed by atoms with Gasteiger partial charge in [0.2, 0.25) is 0 Å². The monoisotopic (exact) mass is 296 g/mol. The standard InChI is InChI=1S/C15H24N2O4/c18-13(19)15(5-7-21-8-6-15)16-14(20)17(9-11-1-2-11)10-12-3-4-12/h11-12H,1-10H2,(H,16,20)(H,18,19). The van der Waals surface area contributed by atoms with E-state index in [1.165, 1.54) is 25.7 Å². The third-order valence-electron chi connectivity index (χ3n) is 4.74. The maximum Gasteiger partial charge on any atom is 0.329 e. The molecule has 0 spiro atoms. The van der Waals surface area contributed by atoms with Crippen molar-refractivity contribution in [3.8, 4) is 0 Å². The van der Waals surface area contributed by atoms with E-state index < -0.39 is 11.5 Å². The number of hydrogen-bond acceptors (Lipinski definition) is 3. The Morgan fingerprint density at radius 3 is 2.05 bits per heavy atom. The van der Waals surface area contributed by atoms with Gasteiger partial charge in [0, 0.05) is 39.1 Å². The molecule has 2 aliphatic carbocycles. The zero-order chi connectivity index (χ0) is 14.9. The lowest BCUT2D eigenvalue weighted by Crippen LogP contribution is -2.60. The number of amides is 2. The summed E-state index contributed by atoms with van der Waals surface area (Å²) < 4.78 is 5.24. The summed E-state index contributed by atoms with van der Waals surface area (Å²) in [5, 5.41) is 12.3. The fourth-order valence-corrected chi connectivity index (χ4v) is 2.86. The number of ether oxygens (including phenoxy) is 1. The molecule has 21 heavy (non-hydrogen) atoms. The smallest absolute Gasteiger partial charge is 0.329 e. The van der Waals surface area contributed by atoms with Crippen LogP contribution < -0.4 is 5.32 Å². The molecule has 1 aliphatic heterocycles. The van der Waals surface area contributed by atoms with Crippen molar-refractivity contribution < 1.29 is 19.4 Å². The molecule has 0 radical (unpaired) electrons. The normalized spacial score (nSPS) is 24.4. The second-order valence-corrected chi connectivity index (χ2v) is 6.72. The predicted octanol–water partition coefficient (Wildman–Crippen LogP) is 1.45. The minimum atomic E-state index is -1.15. The van der Waals surface area contributed by atoms with Crippen molar-refractivity contribution in [3.63, 3.8) is 0 Å². The molecule has 1 saturated heterocycles. The Morgan fingerprint density at radius 1 is 1.10 bits per heavy atom. The summed E-state index contributed by atoms with van der Waals surface area (Å²) in [5.41, 5.74) is -1.15. The van der Waals surface area contributed by atoms with E-state index in [2.05, 4.69) is 5.32 Å². The molecule has 6 nitrogen and oxygen atoms in total. The van der Waals surface area contributed by atoms with Gasteiger partial charge in [-0.05, 0) is 37.5 Å². The lowest BCUT2D eigenvalue weighted by atomic mass is 9.90. The van der Waals surface area contributed by atoms with E-state index in [4.69, 9.17) is 4.74 Å². The SMILES string of the molecule is O=C(NC1(C(=O)O)CCOCC1)N(CC1CC1)CC1CC1. The summed E-state index contributed by atoms with van der Waals surface area (Å²) in [5.74, 6) is 0.284. The Morgan fingerprint density at radius 2 is 1.62 bits per heavy atom. The first-order valence-electron chi connectivity index (χ1n) is 7.97. The molecular formula is C15H24N2O4. The van der Waals surface area contributed by atoms with Gasteiger partial charge < -0.3 is 20.1 Å². The number of carboxylic acid groups (broad SMARTS) is 1. The minimum absolute atomic E-state index is 0.210. The molecule has 0 atom stereocenters. The van der Waals surface area contributed by atoms with E-state index in [1.54, 1.807) is 0 Å². The Labute approximate surface area is 124 Å². The van der Waals surface area contributed by atoms with Crippen LogP contribution in [0.5, 0.6) is 0 Å². The van der Waals surface area contributed by atoms with Crippen molar-refractivity contribution in [1.82, 2.24) is 10.2 Å². The zero-order valence-corrected chi connectivity index (χ0v) is 12.3. The summed E-state index contributed by atoms with van der Waals surface area (Å²) in [6.45, 7) is 2.32. The van der Waals surface area contributed by atoms with Crippen LogP contribution in [0.3, 0.4) is 0 Å². The highest BCUT2D eigenvalue weighted by molar-refractivity contribution is 5.86. The van der Waals surface area contributed by atoms with Crippen molar-refractivity contribution in [2.24, 2.45) is 11.8 Å². The summed E-state index contributed by atoms with van der Waals surface area (Å²) >= 11 is 0. The molecule has 0 aromatic carbocycles. The predicted molar refractivity (Wildman–Crippen MR) is 76.0 cm³/mol. The first-order chi connectivity index (χ1) is 10.1. The summed E-state index contributed by atoms with van der Waals surface area (Å²) in [6.07, 6.45) is 5.43. The van der Waals surface area contributed by atoms with Crippen molar-refractivity contribution in [1.29, 1.82) is 0 Å². The first kappa shape index (κ1) is 14.6. The van der Waals surface area contributed by atoms with E-state index in [0.29, 0.717) is 37.9 Å². The lowest BCUT2D eigenvalue weighted by Gasteiger charge is -2.36. The van der Waals surface area contributed by atoms with Gasteiger partial charge in [0.25, 0.3) is 0 Å². The van der Waals surface area contributed by atoms with Gasteiger partial charge in [0.15, 0.2) is 0 Å². The Balaban J connectivity index is 1.63. The average molecular weight is 296 g/mol. The van der Waals surface area contributed by atoms with Crippen LogP contribution >= 0.6 is 0 Å².